The number of amides is 1. The Kier molecular flexibility index (Phi) is 3.41. The lowest BCUT2D eigenvalue weighted by molar-refractivity contribution is -0.120. The zero-order valence-electron chi connectivity index (χ0n) is 9.96. The van der Waals surface area contributed by atoms with E-state index < -0.39 is 33.6 Å². The van der Waals surface area contributed by atoms with Crippen molar-refractivity contribution in [2.24, 2.45) is 0 Å². The monoisotopic (exact) mass is 269 g/mol. The van der Waals surface area contributed by atoms with Crippen LogP contribution in [0.3, 0.4) is 0 Å². The van der Waals surface area contributed by atoms with Gasteiger partial charge in [0.15, 0.2) is 9.84 Å². The van der Waals surface area contributed by atoms with Crippen molar-refractivity contribution in [2.75, 3.05) is 12.0 Å². The Balaban J connectivity index is 2.13. The molecule has 0 spiro atoms. The SMILES string of the molecule is CS(=O)(=O)CC(=O)N[C@H]1c2ccccc2C[C@H]1O. The van der Waals surface area contributed by atoms with Crippen molar-refractivity contribution in [3.8, 4) is 0 Å². The lowest BCUT2D eigenvalue weighted by Gasteiger charge is -2.17. The number of aliphatic hydroxyl groups excluding tert-OH is 1. The fourth-order valence-electron chi connectivity index (χ4n) is 2.20. The molecular weight excluding hydrogens is 254 g/mol. The lowest BCUT2D eigenvalue weighted by Crippen LogP contribution is -2.37. The molecule has 1 aromatic rings. The van der Waals surface area contributed by atoms with Gasteiger partial charge < -0.3 is 10.4 Å². The van der Waals surface area contributed by atoms with Crippen molar-refractivity contribution in [2.45, 2.75) is 18.6 Å². The third-order valence-corrected chi connectivity index (χ3v) is 3.70. The molecule has 0 unspecified atom stereocenters. The molecule has 6 heteroatoms. The van der Waals surface area contributed by atoms with Gasteiger partial charge in [-0.3, -0.25) is 4.79 Å². The van der Waals surface area contributed by atoms with Gasteiger partial charge in [-0.2, -0.15) is 0 Å². The first-order valence-electron chi connectivity index (χ1n) is 5.60. The van der Waals surface area contributed by atoms with E-state index in [4.69, 9.17) is 0 Å². The molecule has 1 amide bonds. The van der Waals surface area contributed by atoms with E-state index in [1.54, 1.807) is 0 Å². The summed E-state index contributed by atoms with van der Waals surface area (Å²) in [6, 6.07) is 6.90. The third kappa shape index (κ3) is 2.88. The van der Waals surface area contributed by atoms with Crippen LogP contribution in [0, 0.1) is 0 Å². The zero-order valence-corrected chi connectivity index (χ0v) is 10.8. The van der Waals surface area contributed by atoms with Crippen molar-refractivity contribution < 1.29 is 18.3 Å². The number of carbonyl (C=O) groups is 1. The van der Waals surface area contributed by atoms with Crippen LogP contribution in [-0.4, -0.2) is 37.5 Å². The third-order valence-electron chi connectivity index (χ3n) is 2.91. The molecule has 0 bridgehead atoms. The standard InChI is InChI=1S/C12H15NO4S/c1-18(16,17)7-11(15)13-12-9-5-3-2-4-8(9)6-10(12)14/h2-5,10,12,14H,6-7H2,1H3,(H,13,15)/t10-,12+/m1/s1. The molecule has 0 saturated carbocycles. The average molecular weight is 269 g/mol. The van der Waals surface area contributed by atoms with Crippen molar-refractivity contribution in [3.05, 3.63) is 35.4 Å². The number of nitrogens with one attached hydrogen (secondary N) is 1. The molecule has 0 saturated heterocycles. The van der Waals surface area contributed by atoms with Gasteiger partial charge >= 0.3 is 0 Å². The molecule has 5 nitrogen and oxygen atoms in total. The van der Waals surface area contributed by atoms with E-state index in [-0.39, 0.29) is 0 Å². The first-order chi connectivity index (χ1) is 8.37. The molecule has 0 aromatic heterocycles. The molecule has 2 rings (SSSR count). The average Bonchev–Trinajstić information content (AvgIpc) is 2.53. The highest BCUT2D eigenvalue weighted by Crippen LogP contribution is 2.31. The van der Waals surface area contributed by atoms with Crippen LogP contribution in [0.25, 0.3) is 0 Å². The van der Waals surface area contributed by atoms with Crippen LogP contribution < -0.4 is 5.32 Å². The Morgan fingerprint density at radius 3 is 2.78 bits per heavy atom. The molecule has 1 aliphatic carbocycles. The highest BCUT2D eigenvalue weighted by molar-refractivity contribution is 7.91. The van der Waals surface area contributed by atoms with Gasteiger partial charge in [0, 0.05) is 12.7 Å². The number of benzene rings is 1. The molecule has 1 aromatic carbocycles. The quantitative estimate of drug-likeness (QED) is 0.796. The smallest absolute Gasteiger partial charge is 0.235 e. The maximum Gasteiger partial charge on any atom is 0.235 e. The van der Waals surface area contributed by atoms with E-state index in [0.717, 1.165) is 17.4 Å². The Labute approximate surface area is 106 Å². The summed E-state index contributed by atoms with van der Waals surface area (Å²) in [5.41, 5.74) is 1.83. The molecule has 0 heterocycles. The summed E-state index contributed by atoms with van der Waals surface area (Å²) in [7, 11) is -3.35. The molecule has 98 valence electrons. The fourth-order valence-corrected chi connectivity index (χ4v) is 2.76. The number of carbonyl (C=O) groups excluding carboxylic acids is 1. The number of rotatable bonds is 3. The summed E-state index contributed by atoms with van der Waals surface area (Å²) in [4.78, 5) is 11.6. The lowest BCUT2D eigenvalue weighted by atomic mass is 10.1. The van der Waals surface area contributed by atoms with Crippen molar-refractivity contribution in [1.29, 1.82) is 0 Å². The van der Waals surface area contributed by atoms with Gasteiger partial charge in [0.2, 0.25) is 5.91 Å². The van der Waals surface area contributed by atoms with E-state index in [2.05, 4.69) is 5.32 Å². The Hall–Kier alpha value is -1.40. The molecule has 0 fully saturated rings. The zero-order chi connectivity index (χ0) is 13.3. The topological polar surface area (TPSA) is 83.5 Å². The molecule has 0 aliphatic heterocycles. The van der Waals surface area contributed by atoms with E-state index >= 15 is 0 Å². The maximum atomic E-state index is 11.6. The van der Waals surface area contributed by atoms with Crippen LogP contribution in [0.4, 0.5) is 0 Å². The van der Waals surface area contributed by atoms with Crippen LogP contribution in [0.1, 0.15) is 17.2 Å². The summed E-state index contributed by atoms with van der Waals surface area (Å²) < 4.78 is 22.0. The second-order valence-corrected chi connectivity index (χ2v) is 6.73. The second-order valence-electron chi connectivity index (χ2n) is 4.59. The fraction of sp³-hybridized carbons (Fsp3) is 0.417. The van der Waals surface area contributed by atoms with Gasteiger partial charge in [0.05, 0.1) is 12.1 Å². The molecule has 2 atom stereocenters. The van der Waals surface area contributed by atoms with Gasteiger partial charge in [-0.25, -0.2) is 8.42 Å². The largest absolute Gasteiger partial charge is 0.390 e. The van der Waals surface area contributed by atoms with Crippen LogP contribution in [0.15, 0.2) is 24.3 Å². The summed E-state index contributed by atoms with van der Waals surface area (Å²) in [5.74, 6) is -1.14. The summed E-state index contributed by atoms with van der Waals surface area (Å²) >= 11 is 0. The van der Waals surface area contributed by atoms with E-state index in [1.165, 1.54) is 0 Å². The maximum absolute atomic E-state index is 11.6. The first kappa shape index (κ1) is 13.0. The minimum absolute atomic E-state index is 0.472. The van der Waals surface area contributed by atoms with Gasteiger partial charge in [-0.1, -0.05) is 24.3 Å². The number of aliphatic hydroxyl groups is 1. The van der Waals surface area contributed by atoms with Crippen LogP contribution >= 0.6 is 0 Å². The van der Waals surface area contributed by atoms with Crippen molar-refractivity contribution in [3.63, 3.8) is 0 Å². The van der Waals surface area contributed by atoms with E-state index in [0.29, 0.717) is 6.42 Å². The Morgan fingerprint density at radius 2 is 2.11 bits per heavy atom. The predicted octanol–water partition coefficient (Wildman–Crippen LogP) is -0.195. The van der Waals surface area contributed by atoms with E-state index in [9.17, 15) is 18.3 Å². The van der Waals surface area contributed by atoms with E-state index in [1.807, 2.05) is 24.3 Å². The van der Waals surface area contributed by atoms with Crippen LogP contribution in [-0.2, 0) is 21.1 Å². The number of hydrogen-bond acceptors (Lipinski definition) is 4. The molecule has 2 N–H and O–H groups in total. The molecule has 18 heavy (non-hydrogen) atoms. The second kappa shape index (κ2) is 4.70. The minimum atomic E-state index is -3.35. The number of sulfone groups is 1. The van der Waals surface area contributed by atoms with Crippen LogP contribution in [0.2, 0.25) is 0 Å². The highest BCUT2D eigenvalue weighted by atomic mass is 32.2. The molecule has 1 aliphatic rings. The molecule has 0 radical (unpaired) electrons. The van der Waals surface area contributed by atoms with Crippen molar-refractivity contribution in [1.82, 2.24) is 5.32 Å². The van der Waals surface area contributed by atoms with Gasteiger partial charge in [0.25, 0.3) is 0 Å². The normalized spacial score (nSPS) is 22.6. The summed E-state index contributed by atoms with van der Waals surface area (Å²) in [5, 5.41) is 12.5. The minimum Gasteiger partial charge on any atom is -0.390 e. The van der Waals surface area contributed by atoms with Gasteiger partial charge in [0.1, 0.15) is 5.75 Å². The molecular formula is C12H15NO4S. The number of hydrogen-bond donors (Lipinski definition) is 2. The summed E-state index contributed by atoms with van der Waals surface area (Å²) in [6.07, 6.45) is 0.775. The van der Waals surface area contributed by atoms with Crippen LogP contribution in [0.5, 0.6) is 0 Å². The summed E-state index contributed by atoms with van der Waals surface area (Å²) in [6.45, 7) is 0. The highest BCUT2D eigenvalue weighted by Gasteiger charge is 2.32. The first-order valence-corrected chi connectivity index (χ1v) is 7.66. The van der Waals surface area contributed by atoms with Gasteiger partial charge in [-0.15, -0.1) is 0 Å². The van der Waals surface area contributed by atoms with Gasteiger partial charge in [-0.05, 0) is 11.1 Å². The predicted molar refractivity (Wildman–Crippen MR) is 66.7 cm³/mol. The Morgan fingerprint density at radius 1 is 1.44 bits per heavy atom. The van der Waals surface area contributed by atoms with Crippen molar-refractivity contribution >= 4 is 15.7 Å². The number of fused-ring (bicyclic) bond motifs is 1. The Bertz CT molecular complexity index is 567.